The molecule has 1 aliphatic heterocycles. The van der Waals surface area contributed by atoms with E-state index < -0.39 is 5.91 Å². The number of fused-ring (bicyclic) bond motifs is 1. The van der Waals surface area contributed by atoms with E-state index >= 15 is 0 Å². The second kappa shape index (κ2) is 4.93. The number of nitrogens with one attached hydrogen (secondary N) is 1. The molecule has 3 rings (SSSR count). The molecule has 0 atom stereocenters. The molecule has 2 heterocycles. The smallest absolute Gasteiger partial charge is 0.295 e. The van der Waals surface area contributed by atoms with E-state index in [9.17, 15) is 9.90 Å². The van der Waals surface area contributed by atoms with Crippen molar-refractivity contribution in [1.29, 1.82) is 0 Å². The highest BCUT2D eigenvalue weighted by molar-refractivity contribution is 6.02. The highest BCUT2D eigenvalue weighted by Gasteiger charge is 2.20. The van der Waals surface area contributed by atoms with Crippen molar-refractivity contribution in [1.82, 2.24) is 4.98 Å². The molecule has 0 fully saturated rings. The Hall–Kier alpha value is -3.02. The standard InChI is InChI=1S/C14H10N2O4/c17-9-4-5-10-11(7-9)19-8-12(20-10)14(18)16-13-3-1-2-6-15-13/h1-8,17H,(H,15,16,18). The van der Waals surface area contributed by atoms with Crippen molar-refractivity contribution in [3.63, 3.8) is 0 Å². The third kappa shape index (κ3) is 2.39. The minimum Gasteiger partial charge on any atom is -0.508 e. The fourth-order valence-electron chi connectivity index (χ4n) is 1.65. The second-order valence-electron chi connectivity index (χ2n) is 4.00. The summed E-state index contributed by atoms with van der Waals surface area (Å²) < 4.78 is 10.7. The zero-order valence-electron chi connectivity index (χ0n) is 10.2. The fourth-order valence-corrected chi connectivity index (χ4v) is 1.65. The van der Waals surface area contributed by atoms with Gasteiger partial charge < -0.3 is 19.9 Å². The number of carbonyl (C=O) groups excluding carboxylic acids is 1. The molecule has 1 amide bonds. The highest BCUT2D eigenvalue weighted by Crippen LogP contribution is 2.35. The fraction of sp³-hybridized carbons (Fsp3) is 0. The summed E-state index contributed by atoms with van der Waals surface area (Å²) >= 11 is 0. The SMILES string of the molecule is O=C(Nc1ccccn1)C1=COc2cc(O)ccc2O1. The van der Waals surface area contributed by atoms with Crippen LogP contribution in [0, 0.1) is 0 Å². The van der Waals surface area contributed by atoms with Gasteiger partial charge in [-0.25, -0.2) is 4.98 Å². The molecule has 100 valence electrons. The molecule has 1 aliphatic rings. The average Bonchev–Trinajstić information content (AvgIpc) is 2.47. The van der Waals surface area contributed by atoms with E-state index in [1.54, 1.807) is 24.4 Å². The number of nitrogens with zero attached hydrogens (tertiary/aromatic N) is 1. The maximum Gasteiger partial charge on any atom is 0.295 e. The van der Waals surface area contributed by atoms with Gasteiger partial charge in [0.25, 0.3) is 5.91 Å². The summed E-state index contributed by atoms with van der Waals surface area (Å²) in [5, 5.41) is 11.9. The van der Waals surface area contributed by atoms with Gasteiger partial charge in [-0.1, -0.05) is 6.07 Å². The van der Waals surface area contributed by atoms with Gasteiger partial charge in [0, 0.05) is 12.3 Å². The lowest BCUT2D eigenvalue weighted by Gasteiger charge is -2.17. The first kappa shape index (κ1) is 12.0. The average molecular weight is 270 g/mol. The van der Waals surface area contributed by atoms with E-state index in [-0.39, 0.29) is 11.5 Å². The maximum absolute atomic E-state index is 12.0. The molecule has 2 aromatic rings. The van der Waals surface area contributed by atoms with Crippen molar-refractivity contribution in [2.75, 3.05) is 5.32 Å². The minimum absolute atomic E-state index is 0.00819. The Morgan fingerprint density at radius 2 is 2.10 bits per heavy atom. The normalized spacial score (nSPS) is 12.5. The second-order valence-corrected chi connectivity index (χ2v) is 4.00. The summed E-state index contributed by atoms with van der Waals surface area (Å²) in [7, 11) is 0. The number of rotatable bonds is 2. The first-order valence-electron chi connectivity index (χ1n) is 5.82. The van der Waals surface area contributed by atoms with E-state index in [0.29, 0.717) is 17.3 Å². The first-order valence-corrected chi connectivity index (χ1v) is 5.82. The molecule has 1 aromatic carbocycles. The van der Waals surface area contributed by atoms with E-state index in [2.05, 4.69) is 10.3 Å². The van der Waals surface area contributed by atoms with Gasteiger partial charge in [0.15, 0.2) is 11.5 Å². The molecule has 0 bridgehead atoms. The van der Waals surface area contributed by atoms with Gasteiger partial charge in [-0.15, -0.1) is 0 Å². The lowest BCUT2D eigenvalue weighted by molar-refractivity contribution is -0.115. The van der Waals surface area contributed by atoms with Crippen LogP contribution >= 0.6 is 0 Å². The van der Waals surface area contributed by atoms with Gasteiger partial charge in [-0.3, -0.25) is 4.79 Å². The van der Waals surface area contributed by atoms with Gasteiger partial charge in [0.2, 0.25) is 5.76 Å². The van der Waals surface area contributed by atoms with Crippen LogP contribution in [0.3, 0.4) is 0 Å². The lowest BCUT2D eigenvalue weighted by atomic mass is 10.3. The van der Waals surface area contributed by atoms with Gasteiger partial charge >= 0.3 is 0 Å². The Balaban J connectivity index is 1.75. The predicted octanol–water partition coefficient (Wildman–Crippen LogP) is 2.04. The van der Waals surface area contributed by atoms with E-state index in [1.165, 1.54) is 24.5 Å². The van der Waals surface area contributed by atoms with Gasteiger partial charge in [0.05, 0.1) is 0 Å². The number of aromatic hydroxyl groups is 1. The summed E-state index contributed by atoms with van der Waals surface area (Å²) in [6.45, 7) is 0. The van der Waals surface area contributed by atoms with Crippen LogP contribution in [0.1, 0.15) is 0 Å². The van der Waals surface area contributed by atoms with Crippen molar-refractivity contribution >= 4 is 11.7 Å². The van der Waals surface area contributed by atoms with Crippen LogP contribution in [-0.4, -0.2) is 16.0 Å². The molecule has 0 radical (unpaired) electrons. The van der Waals surface area contributed by atoms with Crippen LogP contribution < -0.4 is 14.8 Å². The largest absolute Gasteiger partial charge is 0.508 e. The molecule has 0 unspecified atom stereocenters. The van der Waals surface area contributed by atoms with Crippen LogP contribution in [0.2, 0.25) is 0 Å². The summed E-state index contributed by atoms with van der Waals surface area (Å²) in [4.78, 5) is 16.0. The van der Waals surface area contributed by atoms with Crippen molar-refractivity contribution in [2.45, 2.75) is 0 Å². The zero-order valence-corrected chi connectivity index (χ0v) is 10.2. The number of anilines is 1. The van der Waals surface area contributed by atoms with Crippen molar-refractivity contribution < 1.29 is 19.4 Å². The maximum atomic E-state index is 12.0. The number of amides is 1. The Bertz CT molecular complexity index is 683. The van der Waals surface area contributed by atoms with Crippen LogP contribution in [0.5, 0.6) is 17.2 Å². The zero-order chi connectivity index (χ0) is 13.9. The van der Waals surface area contributed by atoms with Crippen molar-refractivity contribution in [3.05, 3.63) is 54.6 Å². The number of phenols is 1. The summed E-state index contributed by atoms with van der Waals surface area (Å²) in [5.41, 5.74) is 0. The van der Waals surface area contributed by atoms with E-state index in [4.69, 9.17) is 9.47 Å². The summed E-state index contributed by atoms with van der Waals surface area (Å²) in [6, 6.07) is 9.53. The van der Waals surface area contributed by atoms with Crippen LogP contribution in [0.4, 0.5) is 5.82 Å². The third-order valence-corrected chi connectivity index (χ3v) is 2.57. The predicted molar refractivity (Wildman–Crippen MR) is 70.3 cm³/mol. The highest BCUT2D eigenvalue weighted by atomic mass is 16.6. The number of hydrogen-bond donors (Lipinski definition) is 2. The number of pyridine rings is 1. The van der Waals surface area contributed by atoms with Crippen molar-refractivity contribution in [3.8, 4) is 17.2 Å². The number of hydrogen-bond acceptors (Lipinski definition) is 5. The quantitative estimate of drug-likeness (QED) is 0.872. The van der Waals surface area contributed by atoms with E-state index in [0.717, 1.165) is 0 Å². The van der Waals surface area contributed by atoms with Crippen molar-refractivity contribution in [2.24, 2.45) is 0 Å². The van der Waals surface area contributed by atoms with Crippen LogP contribution in [0.25, 0.3) is 0 Å². The third-order valence-electron chi connectivity index (χ3n) is 2.57. The molecule has 6 nitrogen and oxygen atoms in total. The molecule has 2 N–H and O–H groups in total. The number of aromatic nitrogens is 1. The number of phenolic OH excluding ortho intramolecular Hbond substituents is 1. The molecule has 6 heteroatoms. The lowest BCUT2D eigenvalue weighted by Crippen LogP contribution is -2.21. The van der Waals surface area contributed by atoms with Crippen LogP contribution in [-0.2, 0) is 4.79 Å². The van der Waals surface area contributed by atoms with Crippen LogP contribution in [0.15, 0.2) is 54.6 Å². The van der Waals surface area contributed by atoms with Gasteiger partial charge in [-0.2, -0.15) is 0 Å². The number of carbonyl (C=O) groups is 1. The topological polar surface area (TPSA) is 80.7 Å². The Labute approximate surface area is 114 Å². The number of benzene rings is 1. The monoisotopic (exact) mass is 270 g/mol. The Morgan fingerprint density at radius 1 is 1.20 bits per heavy atom. The summed E-state index contributed by atoms with van der Waals surface area (Å²) in [5.74, 6) is 0.716. The molecule has 1 aromatic heterocycles. The molecular weight excluding hydrogens is 260 g/mol. The molecule has 0 saturated heterocycles. The molecule has 0 saturated carbocycles. The molecular formula is C14H10N2O4. The van der Waals surface area contributed by atoms with E-state index in [1.807, 2.05) is 0 Å². The molecule has 20 heavy (non-hydrogen) atoms. The van der Waals surface area contributed by atoms with Gasteiger partial charge in [-0.05, 0) is 24.3 Å². The molecule has 0 spiro atoms. The minimum atomic E-state index is -0.470. The first-order chi connectivity index (χ1) is 9.72. The van der Waals surface area contributed by atoms with Gasteiger partial charge in [0.1, 0.15) is 17.8 Å². The Morgan fingerprint density at radius 3 is 2.90 bits per heavy atom. The Kier molecular flexibility index (Phi) is 2.96. The molecule has 0 aliphatic carbocycles. The number of ether oxygens (including phenoxy) is 2. The summed E-state index contributed by atoms with van der Waals surface area (Å²) in [6.07, 6.45) is 2.75.